The van der Waals surface area contributed by atoms with Crippen molar-refractivity contribution in [3.8, 4) is 5.75 Å². The van der Waals surface area contributed by atoms with Gasteiger partial charge in [-0.05, 0) is 37.1 Å². The van der Waals surface area contributed by atoms with Crippen LogP contribution in [0.3, 0.4) is 0 Å². The molecule has 1 saturated carbocycles. The zero-order valence-corrected chi connectivity index (χ0v) is 11.8. The summed E-state index contributed by atoms with van der Waals surface area (Å²) in [5.74, 6) is -0.0265. The SMILES string of the molecule is NCC1(C(=O)Nc2ccc(OC(F)F)cc2)CCCCC1. The summed E-state index contributed by atoms with van der Waals surface area (Å²) < 4.78 is 28.4. The smallest absolute Gasteiger partial charge is 0.387 e. The lowest BCUT2D eigenvalue weighted by Crippen LogP contribution is -2.43. The van der Waals surface area contributed by atoms with Crippen molar-refractivity contribution in [1.82, 2.24) is 0 Å². The van der Waals surface area contributed by atoms with Gasteiger partial charge in [0.2, 0.25) is 5.91 Å². The topological polar surface area (TPSA) is 64.4 Å². The molecule has 0 radical (unpaired) electrons. The van der Waals surface area contributed by atoms with Crippen molar-refractivity contribution in [2.45, 2.75) is 38.7 Å². The zero-order chi connectivity index (χ0) is 15.3. The molecule has 1 aliphatic rings. The van der Waals surface area contributed by atoms with E-state index in [-0.39, 0.29) is 11.7 Å². The van der Waals surface area contributed by atoms with Crippen molar-refractivity contribution in [3.05, 3.63) is 24.3 Å². The van der Waals surface area contributed by atoms with E-state index in [0.717, 1.165) is 32.1 Å². The van der Waals surface area contributed by atoms with Crippen molar-refractivity contribution in [2.75, 3.05) is 11.9 Å². The quantitative estimate of drug-likeness (QED) is 0.877. The van der Waals surface area contributed by atoms with E-state index in [9.17, 15) is 13.6 Å². The average molecular weight is 298 g/mol. The number of hydrogen-bond acceptors (Lipinski definition) is 3. The minimum absolute atomic E-state index is 0.0641. The van der Waals surface area contributed by atoms with E-state index < -0.39 is 12.0 Å². The highest BCUT2D eigenvalue weighted by molar-refractivity contribution is 5.95. The van der Waals surface area contributed by atoms with Crippen LogP contribution in [0.2, 0.25) is 0 Å². The van der Waals surface area contributed by atoms with Gasteiger partial charge < -0.3 is 15.8 Å². The van der Waals surface area contributed by atoms with Gasteiger partial charge in [-0.2, -0.15) is 8.78 Å². The third-order valence-corrected chi connectivity index (χ3v) is 4.02. The molecule has 0 unspecified atom stereocenters. The van der Waals surface area contributed by atoms with Crippen molar-refractivity contribution in [1.29, 1.82) is 0 Å². The Bertz CT molecular complexity index is 471. The predicted octanol–water partition coefficient (Wildman–Crippen LogP) is 3.14. The van der Waals surface area contributed by atoms with Gasteiger partial charge in [0.15, 0.2) is 0 Å². The summed E-state index contributed by atoms with van der Waals surface area (Å²) in [5, 5.41) is 2.82. The predicted molar refractivity (Wildman–Crippen MR) is 76.3 cm³/mol. The fourth-order valence-electron chi connectivity index (χ4n) is 2.74. The Kier molecular flexibility index (Phi) is 5.12. The number of alkyl halides is 2. The highest BCUT2D eigenvalue weighted by atomic mass is 19.3. The Balaban J connectivity index is 2.01. The van der Waals surface area contributed by atoms with Crippen LogP contribution in [-0.2, 0) is 4.79 Å². The van der Waals surface area contributed by atoms with Crippen LogP contribution >= 0.6 is 0 Å². The third kappa shape index (κ3) is 3.91. The van der Waals surface area contributed by atoms with E-state index in [1.165, 1.54) is 12.1 Å². The molecule has 1 amide bonds. The molecule has 0 saturated heterocycles. The number of nitrogens with two attached hydrogens (primary N) is 1. The van der Waals surface area contributed by atoms with Crippen LogP contribution in [0.4, 0.5) is 14.5 Å². The van der Waals surface area contributed by atoms with Crippen molar-refractivity contribution in [2.24, 2.45) is 11.1 Å². The Morgan fingerprint density at radius 2 is 1.86 bits per heavy atom. The molecule has 1 aromatic carbocycles. The van der Waals surface area contributed by atoms with Gasteiger partial charge in [0.25, 0.3) is 0 Å². The number of amides is 1. The molecule has 0 aromatic heterocycles. The molecule has 2 rings (SSSR count). The van der Waals surface area contributed by atoms with E-state index in [0.29, 0.717) is 12.2 Å². The second-order valence-electron chi connectivity index (χ2n) is 5.40. The van der Waals surface area contributed by atoms with Crippen molar-refractivity contribution >= 4 is 11.6 Å². The summed E-state index contributed by atoms with van der Waals surface area (Å²) >= 11 is 0. The van der Waals surface area contributed by atoms with Gasteiger partial charge in [0.05, 0.1) is 5.41 Å². The summed E-state index contributed by atoms with van der Waals surface area (Å²) in [6.45, 7) is -2.53. The minimum Gasteiger partial charge on any atom is -0.435 e. The van der Waals surface area contributed by atoms with E-state index in [4.69, 9.17) is 5.73 Å². The van der Waals surface area contributed by atoms with Gasteiger partial charge in [-0.1, -0.05) is 19.3 Å². The molecule has 1 aliphatic carbocycles. The number of hydrogen-bond donors (Lipinski definition) is 2. The largest absolute Gasteiger partial charge is 0.435 e. The summed E-state index contributed by atoms with van der Waals surface area (Å²) in [5.41, 5.74) is 5.86. The van der Waals surface area contributed by atoms with Crippen LogP contribution in [0.5, 0.6) is 5.75 Å². The molecule has 0 bridgehead atoms. The lowest BCUT2D eigenvalue weighted by atomic mass is 9.73. The Morgan fingerprint density at radius 3 is 2.38 bits per heavy atom. The third-order valence-electron chi connectivity index (χ3n) is 4.02. The van der Waals surface area contributed by atoms with Gasteiger partial charge in [-0.3, -0.25) is 4.79 Å². The van der Waals surface area contributed by atoms with Gasteiger partial charge in [0, 0.05) is 12.2 Å². The van der Waals surface area contributed by atoms with Gasteiger partial charge in [0.1, 0.15) is 5.75 Å². The van der Waals surface area contributed by atoms with Crippen LogP contribution in [0.25, 0.3) is 0 Å². The molecule has 0 atom stereocenters. The number of nitrogens with one attached hydrogen (secondary N) is 1. The molecular formula is C15H20F2N2O2. The lowest BCUT2D eigenvalue weighted by molar-refractivity contribution is -0.126. The molecule has 0 heterocycles. The molecule has 4 nitrogen and oxygen atoms in total. The van der Waals surface area contributed by atoms with Gasteiger partial charge in [-0.15, -0.1) is 0 Å². The van der Waals surface area contributed by atoms with Crippen molar-refractivity contribution in [3.63, 3.8) is 0 Å². The fourth-order valence-corrected chi connectivity index (χ4v) is 2.74. The minimum atomic E-state index is -2.85. The molecule has 6 heteroatoms. The maximum atomic E-state index is 12.4. The fraction of sp³-hybridized carbons (Fsp3) is 0.533. The number of rotatable bonds is 5. The molecule has 1 aromatic rings. The first kappa shape index (κ1) is 15.7. The number of anilines is 1. The normalized spacial score (nSPS) is 17.5. The van der Waals surface area contributed by atoms with Crippen LogP contribution in [0.15, 0.2) is 24.3 Å². The summed E-state index contributed by atoms with van der Waals surface area (Å²) in [7, 11) is 0. The van der Waals surface area contributed by atoms with E-state index >= 15 is 0 Å². The molecule has 21 heavy (non-hydrogen) atoms. The number of halogens is 2. The maximum absolute atomic E-state index is 12.4. The Labute approximate surface area is 122 Å². The van der Waals surface area contributed by atoms with Gasteiger partial charge >= 0.3 is 6.61 Å². The van der Waals surface area contributed by atoms with Crippen molar-refractivity contribution < 1.29 is 18.3 Å². The highest BCUT2D eigenvalue weighted by Gasteiger charge is 2.38. The average Bonchev–Trinajstić information content (AvgIpc) is 2.49. The van der Waals surface area contributed by atoms with E-state index in [1.807, 2.05) is 0 Å². The van der Waals surface area contributed by atoms with Crippen LogP contribution in [-0.4, -0.2) is 19.1 Å². The van der Waals surface area contributed by atoms with Crippen LogP contribution in [0, 0.1) is 5.41 Å². The first-order chi connectivity index (χ1) is 10.1. The first-order valence-electron chi connectivity index (χ1n) is 7.12. The zero-order valence-electron chi connectivity index (χ0n) is 11.8. The number of benzene rings is 1. The van der Waals surface area contributed by atoms with E-state index in [2.05, 4.69) is 10.1 Å². The molecule has 1 fully saturated rings. The lowest BCUT2D eigenvalue weighted by Gasteiger charge is -2.34. The van der Waals surface area contributed by atoms with Crippen LogP contribution in [0.1, 0.15) is 32.1 Å². The second kappa shape index (κ2) is 6.85. The number of carbonyl (C=O) groups is 1. The molecule has 0 aliphatic heterocycles. The maximum Gasteiger partial charge on any atom is 0.387 e. The molecule has 0 spiro atoms. The first-order valence-corrected chi connectivity index (χ1v) is 7.12. The second-order valence-corrected chi connectivity index (χ2v) is 5.40. The Morgan fingerprint density at radius 1 is 1.24 bits per heavy atom. The number of carbonyl (C=O) groups excluding carboxylic acids is 1. The number of ether oxygens (including phenoxy) is 1. The van der Waals surface area contributed by atoms with Gasteiger partial charge in [-0.25, -0.2) is 0 Å². The summed E-state index contributed by atoms with van der Waals surface area (Å²) in [4.78, 5) is 12.4. The Hall–Kier alpha value is -1.69. The standard InChI is InChI=1S/C15H20F2N2O2/c16-14(17)21-12-6-4-11(5-7-12)19-13(20)15(10-18)8-2-1-3-9-15/h4-7,14H,1-3,8-10,18H2,(H,19,20). The highest BCUT2D eigenvalue weighted by Crippen LogP contribution is 2.36. The molecular weight excluding hydrogens is 278 g/mol. The summed E-state index contributed by atoms with van der Waals surface area (Å²) in [6.07, 6.45) is 4.73. The monoisotopic (exact) mass is 298 g/mol. The molecule has 116 valence electrons. The summed E-state index contributed by atoms with van der Waals surface area (Å²) in [6, 6.07) is 5.89. The van der Waals surface area contributed by atoms with E-state index in [1.54, 1.807) is 12.1 Å². The van der Waals surface area contributed by atoms with Crippen LogP contribution < -0.4 is 15.8 Å². The molecule has 3 N–H and O–H groups in total.